The van der Waals surface area contributed by atoms with Gasteiger partial charge in [-0.15, -0.1) is 11.3 Å². The molecule has 0 radical (unpaired) electrons. The van der Waals surface area contributed by atoms with E-state index in [9.17, 15) is 0 Å². The molecule has 2 rings (SSSR count). The molecule has 0 aliphatic carbocycles. The van der Waals surface area contributed by atoms with E-state index in [0.717, 1.165) is 6.42 Å². The smallest absolute Gasteiger partial charge is 0.0346 e. The van der Waals surface area contributed by atoms with Crippen LogP contribution in [0, 0.1) is 0 Å². The van der Waals surface area contributed by atoms with Crippen LogP contribution in [0.1, 0.15) is 24.9 Å². The van der Waals surface area contributed by atoms with Crippen LogP contribution >= 0.6 is 11.3 Å². The van der Waals surface area contributed by atoms with Gasteiger partial charge in [0.1, 0.15) is 0 Å². The summed E-state index contributed by atoms with van der Waals surface area (Å²) in [5.41, 5.74) is 7.26. The van der Waals surface area contributed by atoms with Gasteiger partial charge in [0.15, 0.2) is 0 Å². The van der Waals surface area contributed by atoms with E-state index in [-0.39, 0.29) is 6.04 Å². The molecule has 1 heterocycles. The number of rotatable bonds is 4. The molecule has 3 N–H and O–H groups in total. The maximum absolute atomic E-state index is 5.88. The van der Waals surface area contributed by atoms with Crippen molar-refractivity contribution in [1.82, 2.24) is 5.32 Å². The zero-order chi connectivity index (χ0) is 11.5. The van der Waals surface area contributed by atoms with Crippen molar-refractivity contribution >= 4 is 21.4 Å². The SMILES string of the molecule is CNC(CC(C)N)c1csc2ccccc12. The van der Waals surface area contributed by atoms with Crippen molar-refractivity contribution in [3.63, 3.8) is 0 Å². The second-order valence-electron chi connectivity index (χ2n) is 4.24. The molecule has 0 saturated heterocycles. The summed E-state index contributed by atoms with van der Waals surface area (Å²) in [6.07, 6.45) is 0.969. The summed E-state index contributed by atoms with van der Waals surface area (Å²) >= 11 is 1.80. The minimum atomic E-state index is 0.219. The van der Waals surface area contributed by atoms with Crippen molar-refractivity contribution in [2.24, 2.45) is 5.73 Å². The van der Waals surface area contributed by atoms with Crippen molar-refractivity contribution in [2.75, 3.05) is 7.05 Å². The Hall–Kier alpha value is -0.900. The predicted octanol–water partition coefficient (Wildman–Crippen LogP) is 2.90. The molecule has 0 bridgehead atoms. The van der Waals surface area contributed by atoms with E-state index in [1.807, 2.05) is 7.05 Å². The summed E-state index contributed by atoms with van der Waals surface area (Å²) in [5, 5.41) is 6.95. The lowest BCUT2D eigenvalue weighted by Gasteiger charge is -2.17. The number of hydrogen-bond acceptors (Lipinski definition) is 3. The molecule has 0 aliphatic heterocycles. The molecule has 0 aliphatic rings. The first-order valence-electron chi connectivity index (χ1n) is 5.61. The molecule has 3 heteroatoms. The highest BCUT2D eigenvalue weighted by Crippen LogP contribution is 2.31. The quantitative estimate of drug-likeness (QED) is 0.853. The fourth-order valence-electron chi connectivity index (χ4n) is 2.04. The first-order valence-corrected chi connectivity index (χ1v) is 6.49. The summed E-state index contributed by atoms with van der Waals surface area (Å²) < 4.78 is 1.35. The van der Waals surface area contributed by atoms with Crippen molar-refractivity contribution in [2.45, 2.75) is 25.4 Å². The van der Waals surface area contributed by atoms with Gasteiger partial charge in [-0.05, 0) is 42.8 Å². The third-order valence-electron chi connectivity index (χ3n) is 2.84. The number of nitrogens with one attached hydrogen (secondary N) is 1. The number of hydrogen-bond donors (Lipinski definition) is 2. The highest BCUT2D eigenvalue weighted by Gasteiger charge is 2.15. The van der Waals surface area contributed by atoms with Gasteiger partial charge in [-0.1, -0.05) is 18.2 Å². The Bertz CT molecular complexity index is 462. The summed E-state index contributed by atoms with van der Waals surface area (Å²) in [7, 11) is 2.00. The molecular weight excluding hydrogens is 216 g/mol. The van der Waals surface area contributed by atoms with Gasteiger partial charge in [0.2, 0.25) is 0 Å². The van der Waals surface area contributed by atoms with Gasteiger partial charge in [0.05, 0.1) is 0 Å². The van der Waals surface area contributed by atoms with E-state index in [1.54, 1.807) is 11.3 Å². The maximum Gasteiger partial charge on any atom is 0.0346 e. The molecule has 1 aromatic carbocycles. The van der Waals surface area contributed by atoms with Gasteiger partial charge in [0.25, 0.3) is 0 Å². The van der Waals surface area contributed by atoms with Crippen LogP contribution in [0.3, 0.4) is 0 Å². The standard InChI is InChI=1S/C13H18N2S/c1-9(14)7-12(15-2)11-8-16-13-6-4-3-5-10(11)13/h3-6,8-9,12,15H,7,14H2,1-2H3. The van der Waals surface area contributed by atoms with E-state index in [0.29, 0.717) is 6.04 Å². The van der Waals surface area contributed by atoms with Gasteiger partial charge in [-0.25, -0.2) is 0 Å². The Morgan fingerprint density at radius 3 is 2.81 bits per heavy atom. The Balaban J connectivity index is 2.37. The molecule has 16 heavy (non-hydrogen) atoms. The molecule has 86 valence electrons. The van der Waals surface area contributed by atoms with Gasteiger partial charge < -0.3 is 11.1 Å². The largest absolute Gasteiger partial charge is 0.328 e. The summed E-state index contributed by atoms with van der Waals surface area (Å²) in [5.74, 6) is 0. The molecule has 0 spiro atoms. The fourth-order valence-corrected chi connectivity index (χ4v) is 3.06. The van der Waals surface area contributed by atoms with Crippen LogP contribution < -0.4 is 11.1 Å². The van der Waals surface area contributed by atoms with Crippen LogP contribution in [0.5, 0.6) is 0 Å². The minimum absolute atomic E-state index is 0.219. The molecule has 0 fully saturated rings. The average molecular weight is 234 g/mol. The predicted molar refractivity (Wildman–Crippen MR) is 71.9 cm³/mol. The Kier molecular flexibility index (Phi) is 3.59. The monoisotopic (exact) mass is 234 g/mol. The Morgan fingerprint density at radius 1 is 1.38 bits per heavy atom. The lowest BCUT2D eigenvalue weighted by atomic mass is 10.00. The Labute approximate surface area is 100 Å². The van der Waals surface area contributed by atoms with Crippen LogP contribution in [0.2, 0.25) is 0 Å². The molecule has 0 saturated carbocycles. The third kappa shape index (κ3) is 2.26. The zero-order valence-corrected chi connectivity index (χ0v) is 10.6. The fraction of sp³-hybridized carbons (Fsp3) is 0.385. The average Bonchev–Trinajstić information content (AvgIpc) is 2.69. The van der Waals surface area contributed by atoms with E-state index in [4.69, 9.17) is 5.73 Å². The number of fused-ring (bicyclic) bond motifs is 1. The summed E-state index contributed by atoms with van der Waals surface area (Å²) in [6, 6.07) is 9.11. The number of benzene rings is 1. The molecule has 2 aromatic rings. The molecule has 1 aromatic heterocycles. The van der Waals surface area contributed by atoms with Crippen molar-refractivity contribution in [3.05, 3.63) is 35.2 Å². The topological polar surface area (TPSA) is 38.0 Å². The van der Waals surface area contributed by atoms with Gasteiger partial charge in [-0.3, -0.25) is 0 Å². The molecular formula is C13H18N2S. The maximum atomic E-state index is 5.88. The number of thiophene rings is 1. The summed E-state index contributed by atoms with van der Waals surface area (Å²) in [4.78, 5) is 0. The normalized spacial score (nSPS) is 15.2. The van der Waals surface area contributed by atoms with E-state index in [2.05, 4.69) is 41.9 Å². The first-order chi connectivity index (χ1) is 7.72. The number of nitrogens with two attached hydrogens (primary N) is 1. The first kappa shape index (κ1) is 11.6. The van der Waals surface area contributed by atoms with E-state index < -0.39 is 0 Å². The van der Waals surface area contributed by atoms with Crippen LogP contribution in [0.25, 0.3) is 10.1 Å². The highest BCUT2D eigenvalue weighted by molar-refractivity contribution is 7.17. The lowest BCUT2D eigenvalue weighted by molar-refractivity contribution is 0.503. The van der Waals surface area contributed by atoms with Gasteiger partial charge in [0, 0.05) is 16.8 Å². The highest BCUT2D eigenvalue weighted by atomic mass is 32.1. The Morgan fingerprint density at radius 2 is 2.12 bits per heavy atom. The second kappa shape index (κ2) is 4.95. The van der Waals surface area contributed by atoms with Crippen LogP contribution in [0.15, 0.2) is 29.6 Å². The van der Waals surface area contributed by atoms with E-state index >= 15 is 0 Å². The summed E-state index contributed by atoms with van der Waals surface area (Å²) in [6.45, 7) is 2.05. The zero-order valence-electron chi connectivity index (χ0n) is 9.73. The van der Waals surface area contributed by atoms with Crippen molar-refractivity contribution in [1.29, 1.82) is 0 Å². The van der Waals surface area contributed by atoms with Crippen LogP contribution in [-0.2, 0) is 0 Å². The van der Waals surface area contributed by atoms with Crippen LogP contribution in [0.4, 0.5) is 0 Å². The third-order valence-corrected chi connectivity index (χ3v) is 3.82. The van der Waals surface area contributed by atoms with Gasteiger partial charge in [-0.2, -0.15) is 0 Å². The van der Waals surface area contributed by atoms with E-state index in [1.165, 1.54) is 15.6 Å². The second-order valence-corrected chi connectivity index (χ2v) is 5.15. The molecule has 2 atom stereocenters. The molecule has 2 nitrogen and oxygen atoms in total. The van der Waals surface area contributed by atoms with Gasteiger partial charge >= 0.3 is 0 Å². The van der Waals surface area contributed by atoms with Crippen molar-refractivity contribution in [3.8, 4) is 0 Å². The minimum Gasteiger partial charge on any atom is -0.328 e. The lowest BCUT2D eigenvalue weighted by Crippen LogP contribution is -2.25. The van der Waals surface area contributed by atoms with Crippen molar-refractivity contribution < 1.29 is 0 Å². The molecule has 0 amide bonds. The van der Waals surface area contributed by atoms with Crippen LogP contribution in [-0.4, -0.2) is 13.1 Å². The molecule has 2 unspecified atom stereocenters.